The maximum Gasteiger partial charge on any atom is 0.348 e. The third-order valence-electron chi connectivity index (χ3n) is 4.40. The average molecular weight is 553 g/mol. The van der Waals surface area contributed by atoms with Crippen molar-refractivity contribution in [2.24, 2.45) is 0 Å². The zero-order chi connectivity index (χ0) is 26.2. The minimum atomic E-state index is -0.657. The number of benzene rings is 1. The molecule has 0 radical (unpaired) electrons. The summed E-state index contributed by atoms with van der Waals surface area (Å²) in [7, 11) is 0. The number of carbonyl (C=O) groups excluding carboxylic acids is 4. The predicted octanol–water partition coefficient (Wildman–Crippen LogP) is 4.38. The lowest BCUT2D eigenvalue weighted by Crippen LogP contribution is -2.16. The number of thiophene rings is 1. The second kappa shape index (κ2) is 12.6. The molecule has 0 unspecified atom stereocenters. The molecule has 1 aromatic carbocycles. The van der Waals surface area contributed by atoms with Crippen molar-refractivity contribution in [2.45, 2.75) is 25.1 Å². The molecule has 0 spiro atoms. The number of carbonyl (C=O) groups is 4. The molecule has 36 heavy (non-hydrogen) atoms. The van der Waals surface area contributed by atoms with Gasteiger partial charge in [-0.15, -0.1) is 21.5 Å². The zero-order valence-electron chi connectivity index (χ0n) is 19.4. The Balaban J connectivity index is 1.64. The highest BCUT2D eigenvalue weighted by atomic mass is 32.2. The zero-order valence-corrected chi connectivity index (χ0v) is 21.8. The predicted molar refractivity (Wildman–Crippen MR) is 135 cm³/mol. The fourth-order valence-electron chi connectivity index (χ4n) is 2.82. The van der Waals surface area contributed by atoms with Crippen molar-refractivity contribution in [1.82, 2.24) is 10.2 Å². The molecule has 2 heterocycles. The van der Waals surface area contributed by atoms with Gasteiger partial charge in [0.15, 0.2) is 4.34 Å². The number of hydrogen-bond donors (Lipinski definition) is 2. The van der Waals surface area contributed by atoms with Crippen LogP contribution < -0.4 is 10.6 Å². The van der Waals surface area contributed by atoms with Gasteiger partial charge < -0.3 is 14.8 Å². The van der Waals surface area contributed by atoms with E-state index in [1.807, 2.05) is 0 Å². The van der Waals surface area contributed by atoms with E-state index in [0.717, 1.165) is 34.4 Å². The van der Waals surface area contributed by atoms with Gasteiger partial charge in [-0.25, -0.2) is 14.0 Å². The van der Waals surface area contributed by atoms with Crippen molar-refractivity contribution >= 4 is 68.3 Å². The van der Waals surface area contributed by atoms with E-state index < -0.39 is 29.6 Å². The van der Waals surface area contributed by atoms with Crippen LogP contribution in [-0.2, 0) is 14.3 Å². The topological polar surface area (TPSA) is 137 Å². The highest BCUT2D eigenvalue weighted by molar-refractivity contribution is 8.01. The molecule has 0 fully saturated rings. The van der Waals surface area contributed by atoms with Crippen molar-refractivity contribution < 1.29 is 33.0 Å². The van der Waals surface area contributed by atoms with Gasteiger partial charge in [-0.3, -0.25) is 14.9 Å². The van der Waals surface area contributed by atoms with Gasteiger partial charge in [0, 0.05) is 5.56 Å². The normalized spacial score (nSPS) is 10.6. The summed E-state index contributed by atoms with van der Waals surface area (Å²) in [5.74, 6) is -2.70. The largest absolute Gasteiger partial charge is 0.462 e. The second-order valence-corrected chi connectivity index (χ2v) is 10.1. The monoisotopic (exact) mass is 552 g/mol. The molecular formula is C22H21FN4O6S3. The van der Waals surface area contributed by atoms with Crippen LogP contribution in [-0.4, -0.2) is 52.9 Å². The summed E-state index contributed by atoms with van der Waals surface area (Å²) in [6.45, 7) is 5.20. The smallest absolute Gasteiger partial charge is 0.348 e. The Hall–Kier alpha value is -3.36. The molecule has 2 amide bonds. The SMILES string of the molecule is CCOC(=O)c1sc(NC(=O)CSc2nnc(NC(=O)c3ccc(F)cc3)s2)c(C(=O)OCC)c1C. The first kappa shape index (κ1) is 27.2. The molecule has 0 aliphatic heterocycles. The summed E-state index contributed by atoms with van der Waals surface area (Å²) in [5.41, 5.74) is 0.724. The van der Waals surface area contributed by atoms with Crippen LogP contribution in [0.2, 0.25) is 0 Å². The number of anilines is 2. The Labute approximate surface area is 217 Å². The van der Waals surface area contributed by atoms with Crippen LogP contribution in [0.1, 0.15) is 49.8 Å². The van der Waals surface area contributed by atoms with Gasteiger partial charge in [0.1, 0.15) is 15.7 Å². The van der Waals surface area contributed by atoms with Gasteiger partial charge in [-0.05, 0) is 50.6 Å². The standard InChI is InChI=1S/C22H21FN4O6S3/c1-4-32-19(30)15-11(3)16(20(31)33-5-2)35-18(15)24-14(28)10-34-22-27-26-21(36-22)25-17(29)12-6-8-13(23)9-7-12/h6-9H,4-5,10H2,1-3H3,(H,24,28)(H,25,26,29). The number of nitrogens with one attached hydrogen (secondary N) is 2. The quantitative estimate of drug-likeness (QED) is 0.213. The molecule has 10 nitrogen and oxygen atoms in total. The van der Waals surface area contributed by atoms with Gasteiger partial charge in [-0.1, -0.05) is 23.1 Å². The van der Waals surface area contributed by atoms with Crippen molar-refractivity contribution in [2.75, 3.05) is 29.6 Å². The first-order valence-corrected chi connectivity index (χ1v) is 13.2. The molecule has 14 heteroatoms. The Morgan fingerprint density at radius 3 is 2.31 bits per heavy atom. The number of halogens is 1. The van der Waals surface area contributed by atoms with Crippen molar-refractivity contribution in [3.63, 3.8) is 0 Å². The van der Waals surface area contributed by atoms with E-state index in [0.29, 0.717) is 9.90 Å². The van der Waals surface area contributed by atoms with Gasteiger partial charge in [-0.2, -0.15) is 0 Å². The van der Waals surface area contributed by atoms with Crippen LogP contribution in [0.5, 0.6) is 0 Å². The molecule has 2 N–H and O–H groups in total. The van der Waals surface area contributed by atoms with Crippen LogP contribution in [0.3, 0.4) is 0 Å². The lowest BCUT2D eigenvalue weighted by atomic mass is 10.1. The molecule has 0 aliphatic carbocycles. The maximum atomic E-state index is 13.0. The van der Waals surface area contributed by atoms with E-state index >= 15 is 0 Å². The average Bonchev–Trinajstić information content (AvgIpc) is 3.42. The Bertz CT molecular complexity index is 1280. The van der Waals surface area contributed by atoms with E-state index in [1.165, 1.54) is 24.3 Å². The third-order valence-corrected chi connectivity index (χ3v) is 7.56. The summed E-state index contributed by atoms with van der Waals surface area (Å²) in [4.78, 5) is 49.7. The molecule has 0 aliphatic rings. The second-order valence-electron chi connectivity index (χ2n) is 6.87. The number of aromatic nitrogens is 2. The fraction of sp³-hybridized carbons (Fsp3) is 0.273. The Morgan fingerprint density at radius 2 is 1.64 bits per heavy atom. The minimum absolute atomic E-state index is 0.0749. The summed E-state index contributed by atoms with van der Waals surface area (Å²) in [5, 5.41) is 13.4. The molecule has 3 rings (SSSR count). The van der Waals surface area contributed by atoms with Crippen LogP contribution >= 0.6 is 34.4 Å². The van der Waals surface area contributed by atoms with Crippen LogP contribution in [0.15, 0.2) is 28.6 Å². The number of esters is 2. The van der Waals surface area contributed by atoms with Gasteiger partial charge in [0.2, 0.25) is 11.0 Å². The highest BCUT2D eigenvalue weighted by Crippen LogP contribution is 2.35. The van der Waals surface area contributed by atoms with Crippen molar-refractivity contribution in [3.8, 4) is 0 Å². The third kappa shape index (κ3) is 6.86. The molecule has 0 saturated heterocycles. The van der Waals surface area contributed by atoms with E-state index in [4.69, 9.17) is 9.47 Å². The Kier molecular flexibility index (Phi) is 9.50. The molecule has 0 bridgehead atoms. The lowest BCUT2D eigenvalue weighted by molar-refractivity contribution is -0.113. The first-order chi connectivity index (χ1) is 17.2. The number of rotatable bonds is 10. The summed E-state index contributed by atoms with van der Waals surface area (Å²) < 4.78 is 23.5. The molecule has 3 aromatic rings. The highest BCUT2D eigenvalue weighted by Gasteiger charge is 2.27. The number of ether oxygens (including phenoxy) is 2. The van der Waals surface area contributed by atoms with Gasteiger partial charge >= 0.3 is 11.9 Å². The van der Waals surface area contributed by atoms with E-state index in [2.05, 4.69) is 20.8 Å². The molecule has 0 saturated carbocycles. The molecule has 190 valence electrons. The van der Waals surface area contributed by atoms with Crippen molar-refractivity contribution in [3.05, 3.63) is 51.7 Å². The first-order valence-electron chi connectivity index (χ1n) is 10.5. The fourth-order valence-corrected chi connectivity index (χ4v) is 5.47. The molecule has 0 atom stereocenters. The lowest BCUT2D eigenvalue weighted by Gasteiger charge is -2.06. The molecular weight excluding hydrogens is 531 g/mol. The number of nitrogens with zero attached hydrogens (tertiary/aromatic N) is 2. The van der Waals surface area contributed by atoms with Crippen LogP contribution in [0.25, 0.3) is 0 Å². The summed E-state index contributed by atoms with van der Waals surface area (Å²) >= 11 is 3.07. The molecule has 2 aromatic heterocycles. The number of thioether (sulfide) groups is 1. The number of hydrogen-bond acceptors (Lipinski definition) is 11. The summed E-state index contributed by atoms with van der Waals surface area (Å²) in [6, 6.07) is 5.03. The van der Waals surface area contributed by atoms with E-state index in [1.54, 1.807) is 20.8 Å². The summed E-state index contributed by atoms with van der Waals surface area (Å²) in [6.07, 6.45) is 0. The Morgan fingerprint density at radius 1 is 0.972 bits per heavy atom. The van der Waals surface area contributed by atoms with Crippen LogP contribution in [0, 0.1) is 12.7 Å². The van der Waals surface area contributed by atoms with Crippen molar-refractivity contribution in [1.29, 1.82) is 0 Å². The van der Waals surface area contributed by atoms with Gasteiger partial charge in [0.25, 0.3) is 5.91 Å². The minimum Gasteiger partial charge on any atom is -0.462 e. The van der Waals surface area contributed by atoms with E-state index in [9.17, 15) is 23.6 Å². The maximum absolute atomic E-state index is 13.0. The van der Waals surface area contributed by atoms with E-state index in [-0.39, 0.29) is 45.1 Å². The number of amides is 2. The van der Waals surface area contributed by atoms with Crippen LogP contribution in [0.4, 0.5) is 14.5 Å². The van der Waals surface area contributed by atoms with Gasteiger partial charge in [0.05, 0.1) is 24.5 Å².